The average molecular weight is 238 g/mol. The van der Waals surface area contributed by atoms with Gasteiger partial charge in [0.05, 0.1) is 4.92 Å². The summed E-state index contributed by atoms with van der Waals surface area (Å²) in [5, 5.41) is 10.9. The van der Waals surface area contributed by atoms with Gasteiger partial charge >= 0.3 is 0 Å². The van der Waals surface area contributed by atoms with E-state index in [1.165, 1.54) is 12.1 Å². The minimum atomic E-state index is -0.447. The normalized spacial score (nSPS) is 14.1. The molecule has 0 amide bonds. The van der Waals surface area contributed by atoms with Crippen LogP contribution in [0.15, 0.2) is 24.3 Å². The van der Waals surface area contributed by atoms with Gasteiger partial charge in [-0.2, -0.15) is 0 Å². The van der Waals surface area contributed by atoms with Crippen LogP contribution in [0.5, 0.6) is 5.75 Å². The summed E-state index contributed by atoms with van der Waals surface area (Å²) in [6, 6.07) is 5.89. The summed E-state index contributed by atoms with van der Waals surface area (Å²) < 4.78 is 5.39. The molecule has 0 radical (unpaired) electrons. The van der Waals surface area contributed by atoms with Gasteiger partial charge < -0.3 is 9.64 Å². The maximum absolute atomic E-state index is 10.4. The summed E-state index contributed by atoms with van der Waals surface area (Å²) in [5.74, 6) is 0.530. The molecule has 0 unspecified atom stereocenters. The van der Waals surface area contributed by atoms with Gasteiger partial charge in [0, 0.05) is 25.2 Å². The van der Waals surface area contributed by atoms with Crippen LogP contribution in [0.4, 0.5) is 5.69 Å². The predicted molar refractivity (Wildman–Crippen MR) is 62.5 cm³/mol. The van der Waals surface area contributed by atoms with Crippen molar-refractivity contribution in [2.45, 2.75) is 6.42 Å². The third kappa shape index (κ3) is 2.27. The van der Waals surface area contributed by atoms with E-state index in [1.54, 1.807) is 12.1 Å². The summed E-state index contributed by atoms with van der Waals surface area (Å²) in [7, 11) is 0. The molecular formula is C10H10N2O3S. The van der Waals surface area contributed by atoms with E-state index in [-0.39, 0.29) is 5.69 Å². The van der Waals surface area contributed by atoms with E-state index >= 15 is 0 Å². The van der Waals surface area contributed by atoms with Crippen molar-refractivity contribution in [3.8, 4) is 5.75 Å². The van der Waals surface area contributed by atoms with Crippen molar-refractivity contribution in [3.63, 3.8) is 0 Å². The largest absolute Gasteiger partial charge is 0.432 e. The Balaban J connectivity index is 1.99. The van der Waals surface area contributed by atoms with E-state index in [0.29, 0.717) is 10.9 Å². The van der Waals surface area contributed by atoms with Crippen molar-refractivity contribution in [2.75, 3.05) is 13.1 Å². The Morgan fingerprint density at radius 3 is 2.44 bits per heavy atom. The molecular weight excluding hydrogens is 228 g/mol. The number of non-ortho nitro benzene ring substituents is 1. The van der Waals surface area contributed by atoms with Gasteiger partial charge in [0.1, 0.15) is 5.75 Å². The maximum Gasteiger partial charge on any atom is 0.269 e. The zero-order chi connectivity index (χ0) is 11.5. The number of rotatable bonds is 2. The van der Waals surface area contributed by atoms with Crippen molar-refractivity contribution in [1.82, 2.24) is 4.90 Å². The van der Waals surface area contributed by atoms with Crippen molar-refractivity contribution in [3.05, 3.63) is 34.4 Å². The van der Waals surface area contributed by atoms with E-state index in [0.717, 1.165) is 19.5 Å². The zero-order valence-corrected chi connectivity index (χ0v) is 9.27. The molecule has 1 heterocycles. The van der Waals surface area contributed by atoms with Gasteiger partial charge in [0.2, 0.25) is 0 Å². The molecule has 0 saturated carbocycles. The highest BCUT2D eigenvalue weighted by Gasteiger charge is 2.18. The fraction of sp³-hybridized carbons (Fsp3) is 0.300. The van der Waals surface area contributed by atoms with Gasteiger partial charge in [0.25, 0.3) is 10.9 Å². The summed E-state index contributed by atoms with van der Waals surface area (Å²) >= 11 is 5.06. The second-order valence-corrected chi connectivity index (χ2v) is 3.81. The predicted octanol–water partition coefficient (Wildman–Crippen LogP) is 1.96. The minimum absolute atomic E-state index is 0.0437. The lowest BCUT2D eigenvalue weighted by molar-refractivity contribution is -0.384. The van der Waals surface area contributed by atoms with Crippen molar-refractivity contribution in [1.29, 1.82) is 0 Å². The Hall–Kier alpha value is -1.69. The van der Waals surface area contributed by atoms with Gasteiger partial charge in [-0.25, -0.2) is 0 Å². The Kier molecular flexibility index (Phi) is 3.00. The first-order chi connectivity index (χ1) is 7.66. The molecule has 1 aliphatic heterocycles. The second kappa shape index (κ2) is 4.44. The quantitative estimate of drug-likeness (QED) is 0.448. The van der Waals surface area contributed by atoms with Crippen LogP contribution < -0.4 is 4.74 Å². The lowest BCUT2D eigenvalue weighted by Crippen LogP contribution is -2.43. The Morgan fingerprint density at radius 1 is 1.38 bits per heavy atom. The van der Waals surface area contributed by atoms with Crippen molar-refractivity contribution < 1.29 is 9.66 Å². The number of ether oxygens (including phenoxy) is 1. The molecule has 1 saturated heterocycles. The van der Waals surface area contributed by atoms with Crippen molar-refractivity contribution in [2.24, 2.45) is 0 Å². The van der Waals surface area contributed by atoms with Gasteiger partial charge in [-0.3, -0.25) is 10.1 Å². The molecule has 0 bridgehead atoms. The molecule has 84 valence electrons. The van der Waals surface area contributed by atoms with Crippen molar-refractivity contribution >= 4 is 23.1 Å². The standard InChI is InChI=1S/C10H10N2O3S/c13-12(14)8-2-4-9(5-3-8)15-10(16)11-6-1-7-11/h2-5H,1,6-7H2. The SMILES string of the molecule is O=[N+]([O-])c1ccc(OC(=S)N2CCC2)cc1. The topological polar surface area (TPSA) is 55.6 Å². The van der Waals surface area contributed by atoms with Gasteiger partial charge in [-0.15, -0.1) is 0 Å². The smallest absolute Gasteiger partial charge is 0.269 e. The molecule has 16 heavy (non-hydrogen) atoms. The first kappa shape index (κ1) is 10.8. The third-order valence-corrected chi connectivity index (χ3v) is 2.71. The number of likely N-dealkylation sites (tertiary alicyclic amines) is 1. The molecule has 0 N–H and O–H groups in total. The maximum atomic E-state index is 10.4. The highest BCUT2D eigenvalue weighted by atomic mass is 32.1. The van der Waals surface area contributed by atoms with E-state index in [2.05, 4.69) is 0 Å². The molecule has 1 aromatic rings. The molecule has 1 aromatic carbocycles. The fourth-order valence-electron chi connectivity index (χ4n) is 1.30. The minimum Gasteiger partial charge on any atom is -0.432 e. The van der Waals surface area contributed by atoms with Crippen LogP contribution in [0.25, 0.3) is 0 Å². The van der Waals surface area contributed by atoms with E-state index in [9.17, 15) is 10.1 Å². The Labute approximate surface area is 97.8 Å². The molecule has 6 heteroatoms. The summed E-state index contributed by atoms with van der Waals surface area (Å²) in [5.41, 5.74) is 0.0437. The lowest BCUT2D eigenvalue weighted by Gasteiger charge is -2.32. The monoisotopic (exact) mass is 238 g/mol. The van der Waals surface area contributed by atoms with Crippen LogP contribution in [-0.2, 0) is 0 Å². The highest BCUT2D eigenvalue weighted by Crippen LogP contribution is 2.19. The van der Waals surface area contributed by atoms with Crippen LogP contribution >= 0.6 is 12.2 Å². The number of hydrogen-bond donors (Lipinski definition) is 0. The summed E-state index contributed by atoms with van der Waals surface area (Å²) in [6.07, 6.45) is 1.13. The molecule has 0 atom stereocenters. The van der Waals surface area contributed by atoms with E-state index < -0.39 is 4.92 Å². The zero-order valence-electron chi connectivity index (χ0n) is 8.46. The van der Waals surface area contributed by atoms with Gasteiger partial charge in [0.15, 0.2) is 0 Å². The molecule has 5 nitrogen and oxygen atoms in total. The number of benzene rings is 1. The number of thiocarbonyl (C=S) groups is 1. The molecule has 2 rings (SSSR count). The first-order valence-electron chi connectivity index (χ1n) is 4.88. The fourth-order valence-corrected chi connectivity index (χ4v) is 1.58. The third-order valence-electron chi connectivity index (χ3n) is 2.37. The van der Waals surface area contributed by atoms with E-state index in [4.69, 9.17) is 17.0 Å². The van der Waals surface area contributed by atoms with Crippen LogP contribution in [0, 0.1) is 10.1 Å². The number of nitrogens with zero attached hydrogens (tertiary/aromatic N) is 2. The second-order valence-electron chi connectivity index (χ2n) is 3.46. The Bertz CT molecular complexity index is 415. The lowest BCUT2D eigenvalue weighted by atomic mass is 10.2. The summed E-state index contributed by atoms with van der Waals surface area (Å²) in [6.45, 7) is 1.84. The molecule has 0 aromatic heterocycles. The first-order valence-corrected chi connectivity index (χ1v) is 5.29. The van der Waals surface area contributed by atoms with Gasteiger partial charge in [-0.05, 0) is 30.8 Å². The Morgan fingerprint density at radius 2 is 2.00 bits per heavy atom. The molecule has 1 aliphatic rings. The van der Waals surface area contributed by atoms with E-state index in [1.807, 2.05) is 4.90 Å². The van der Waals surface area contributed by atoms with Crippen LogP contribution in [0.2, 0.25) is 0 Å². The van der Waals surface area contributed by atoms with Crippen LogP contribution in [-0.4, -0.2) is 28.1 Å². The molecule has 1 fully saturated rings. The molecule has 0 aliphatic carbocycles. The number of nitro benzene ring substituents is 1. The number of hydrogen-bond acceptors (Lipinski definition) is 4. The van der Waals surface area contributed by atoms with Crippen LogP contribution in [0.1, 0.15) is 6.42 Å². The molecule has 0 spiro atoms. The average Bonchev–Trinajstić information content (AvgIpc) is 2.15. The number of nitro groups is 1. The van der Waals surface area contributed by atoms with Gasteiger partial charge in [-0.1, -0.05) is 0 Å². The summed E-state index contributed by atoms with van der Waals surface area (Å²) in [4.78, 5) is 11.9. The highest BCUT2D eigenvalue weighted by molar-refractivity contribution is 7.80. The van der Waals surface area contributed by atoms with Crippen LogP contribution in [0.3, 0.4) is 0 Å².